The average molecular weight is 493 g/mol. The molecule has 1 aromatic carbocycles. The van der Waals surface area contributed by atoms with Gasteiger partial charge < -0.3 is 25.1 Å². The number of nitrogens with one attached hydrogen (secondary N) is 1. The number of hydrogen-bond acceptors (Lipinski definition) is 10. The van der Waals surface area contributed by atoms with Crippen LogP contribution in [-0.4, -0.2) is 56.4 Å². The first kappa shape index (κ1) is 25.1. The molecule has 12 nitrogen and oxygen atoms in total. The zero-order valence-corrected chi connectivity index (χ0v) is 19.0. The molecule has 0 saturated carbocycles. The van der Waals surface area contributed by atoms with Gasteiger partial charge in [0, 0.05) is 6.08 Å². The number of ether oxygens (including phenoxy) is 3. The maximum atomic E-state index is 14.3. The first-order chi connectivity index (χ1) is 16.4. The Kier molecular flexibility index (Phi) is 8.93. The number of fused-ring (bicyclic) bond motifs is 1. The van der Waals surface area contributed by atoms with E-state index in [4.69, 9.17) is 25.1 Å². The van der Waals surface area contributed by atoms with Gasteiger partial charge in [-0.3, -0.25) is 9.36 Å². The number of nitrogens with two attached hydrogens (primary N) is 1. The van der Waals surface area contributed by atoms with Crippen molar-refractivity contribution >= 4 is 30.9 Å². The molecule has 0 spiro atoms. The number of benzene rings is 1. The van der Waals surface area contributed by atoms with Crippen LogP contribution in [0.2, 0.25) is 0 Å². The SMILES string of the molecule is CCOC(=O)CN[P+](=O)COC1C=C(F)C(n2cnc3c(N)ncnc32)O1.Oc1ccccc1. The molecule has 1 aliphatic heterocycles. The molecule has 14 heteroatoms. The molecule has 3 aromatic rings. The first-order valence-electron chi connectivity index (χ1n) is 10.0. The average Bonchev–Trinajstić information content (AvgIpc) is 3.41. The number of hydrogen-bond donors (Lipinski definition) is 3. The van der Waals surface area contributed by atoms with Crippen LogP contribution in [0.15, 0.2) is 54.9 Å². The summed E-state index contributed by atoms with van der Waals surface area (Å²) < 4.78 is 42.9. The van der Waals surface area contributed by atoms with Crippen molar-refractivity contribution in [3.8, 4) is 5.75 Å². The van der Waals surface area contributed by atoms with E-state index in [9.17, 15) is 13.8 Å². The Labute approximate surface area is 194 Å². The maximum Gasteiger partial charge on any atom is 0.461 e. The van der Waals surface area contributed by atoms with E-state index in [-0.39, 0.29) is 25.3 Å². The minimum atomic E-state index is -2.06. The Bertz CT molecular complexity index is 1160. The summed E-state index contributed by atoms with van der Waals surface area (Å²) in [6.07, 6.45) is 1.19. The van der Waals surface area contributed by atoms with Crippen molar-refractivity contribution in [2.24, 2.45) is 0 Å². The van der Waals surface area contributed by atoms with Gasteiger partial charge in [0.1, 0.15) is 24.1 Å². The van der Waals surface area contributed by atoms with Crippen molar-refractivity contribution in [1.82, 2.24) is 24.6 Å². The molecular weight excluding hydrogens is 470 g/mol. The lowest BCUT2D eigenvalue weighted by atomic mass is 10.3. The second kappa shape index (κ2) is 12.1. The van der Waals surface area contributed by atoms with Gasteiger partial charge >= 0.3 is 13.9 Å². The Morgan fingerprint density at radius 1 is 1.32 bits per heavy atom. The largest absolute Gasteiger partial charge is 0.508 e. The highest BCUT2D eigenvalue weighted by atomic mass is 31.1. The molecule has 1 aliphatic rings. The second-order valence-electron chi connectivity index (χ2n) is 6.64. The third-order valence-electron chi connectivity index (χ3n) is 4.25. The lowest BCUT2D eigenvalue weighted by Gasteiger charge is -2.14. The minimum Gasteiger partial charge on any atom is -0.508 e. The summed E-state index contributed by atoms with van der Waals surface area (Å²) in [5, 5.41) is 11.1. The predicted octanol–water partition coefficient (Wildman–Crippen LogP) is 2.38. The van der Waals surface area contributed by atoms with Crippen LogP contribution in [0.5, 0.6) is 5.75 Å². The number of aromatic nitrogens is 4. The number of imidazole rings is 1. The zero-order valence-electron chi connectivity index (χ0n) is 18.1. The third-order valence-corrected chi connectivity index (χ3v) is 5.15. The van der Waals surface area contributed by atoms with Crippen LogP contribution in [0.3, 0.4) is 0 Å². The molecule has 4 N–H and O–H groups in total. The van der Waals surface area contributed by atoms with Crippen molar-refractivity contribution in [3.63, 3.8) is 0 Å². The summed E-state index contributed by atoms with van der Waals surface area (Å²) in [5.41, 5.74) is 6.33. The van der Waals surface area contributed by atoms with E-state index >= 15 is 0 Å². The first-order valence-corrected chi connectivity index (χ1v) is 11.5. The van der Waals surface area contributed by atoms with E-state index in [2.05, 4.69) is 20.0 Å². The Hall–Kier alpha value is -3.51. The summed E-state index contributed by atoms with van der Waals surface area (Å²) >= 11 is 0. The summed E-state index contributed by atoms with van der Waals surface area (Å²) in [4.78, 5) is 23.1. The third kappa shape index (κ3) is 6.75. The molecule has 0 aliphatic carbocycles. The molecule has 0 amide bonds. The molecule has 3 atom stereocenters. The van der Waals surface area contributed by atoms with Crippen molar-refractivity contribution < 1.29 is 33.1 Å². The van der Waals surface area contributed by atoms with Gasteiger partial charge in [0.15, 0.2) is 29.8 Å². The fourth-order valence-electron chi connectivity index (χ4n) is 2.75. The van der Waals surface area contributed by atoms with Crippen LogP contribution in [0.1, 0.15) is 13.2 Å². The number of rotatable bonds is 8. The smallest absolute Gasteiger partial charge is 0.461 e. The lowest BCUT2D eigenvalue weighted by molar-refractivity contribution is -0.141. The highest BCUT2D eigenvalue weighted by Gasteiger charge is 2.33. The van der Waals surface area contributed by atoms with Crippen molar-refractivity contribution in [1.29, 1.82) is 0 Å². The number of anilines is 1. The summed E-state index contributed by atoms with van der Waals surface area (Å²) in [5.74, 6) is -0.662. The Morgan fingerprint density at radius 2 is 2.09 bits per heavy atom. The fraction of sp³-hybridized carbons (Fsp3) is 0.300. The molecule has 34 heavy (non-hydrogen) atoms. The van der Waals surface area contributed by atoms with Crippen LogP contribution < -0.4 is 10.8 Å². The number of carbonyl (C=O) groups excluding carboxylic acids is 1. The molecule has 3 unspecified atom stereocenters. The number of carbonyl (C=O) groups is 1. The molecule has 3 heterocycles. The predicted molar refractivity (Wildman–Crippen MR) is 119 cm³/mol. The normalized spacial score (nSPS) is 17.6. The topological polar surface area (TPSA) is 164 Å². The monoisotopic (exact) mass is 493 g/mol. The molecule has 0 bridgehead atoms. The van der Waals surface area contributed by atoms with E-state index < -0.39 is 32.3 Å². The van der Waals surface area contributed by atoms with E-state index in [1.54, 1.807) is 31.2 Å². The quantitative estimate of drug-likeness (QED) is 0.312. The second-order valence-corrected chi connectivity index (χ2v) is 7.97. The van der Waals surface area contributed by atoms with Gasteiger partial charge in [-0.2, -0.15) is 0 Å². The van der Waals surface area contributed by atoms with E-state index in [1.165, 1.54) is 17.2 Å². The van der Waals surface area contributed by atoms with Crippen LogP contribution in [-0.2, 0) is 23.6 Å². The van der Waals surface area contributed by atoms with E-state index in [0.717, 1.165) is 6.08 Å². The van der Waals surface area contributed by atoms with Gasteiger partial charge in [0.25, 0.3) is 6.35 Å². The van der Waals surface area contributed by atoms with E-state index in [1.807, 2.05) is 6.07 Å². The number of aromatic hydroxyl groups is 1. The lowest BCUT2D eigenvalue weighted by Crippen LogP contribution is -2.21. The summed E-state index contributed by atoms with van der Waals surface area (Å²) in [6, 6.07) is 8.71. The molecule has 0 fully saturated rings. The highest BCUT2D eigenvalue weighted by Crippen LogP contribution is 2.33. The van der Waals surface area contributed by atoms with Crippen LogP contribution in [0.25, 0.3) is 11.2 Å². The Balaban J connectivity index is 0.000000396. The fourth-order valence-corrected chi connectivity index (χ4v) is 3.43. The van der Waals surface area contributed by atoms with E-state index in [0.29, 0.717) is 16.9 Å². The highest BCUT2D eigenvalue weighted by molar-refractivity contribution is 7.42. The van der Waals surface area contributed by atoms with Crippen molar-refractivity contribution in [2.45, 2.75) is 19.4 Å². The van der Waals surface area contributed by atoms with Gasteiger partial charge in [-0.1, -0.05) is 23.3 Å². The van der Waals surface area contributed by atoms with Gasteiger partial charge in [-0.15, -0.1) is 0 Å². The molecule has 0 radical (unpaired) electrons. The molecule has 2 aromatic heterocycles. The van der Waals surface area contributed by atoms with Gasteiger partial charge in [-0.05, 0) is 23.6 Å². The Morgan fingerprint density at radius 3 is 2.76 bits per heavy atom. The van der Waals surface area contributed by atoms with Crippen LogP contribution in [0, 0.1) is 0 Å². The van der Waals surface area contributed by atoms with Crippen LogP contribution >= 0.6 is 7.95 Å². The number of para-hydroxylation sites is 1. The van der Waals surface area contributed by atoms with Gasteiger partial charge in [0.2, 0.25) is 0 Å². The number of phenolic OH excluding ortho intramolecular Hbond substituents is 1. The zero-order chi connectivity index (χ0) is 24.5. The number of halogens is 1. The minimum absolute atomic E-state index is 0.165. The number of phenols is 1. The van der Waals surface area contributed by atoms with Crippen LogP contribution in [0.4, 0.5) is 10.2 Å². The number of nitrogen functional groups attached to an aromatic ring is 1. The summed E-state index contributed by atoms with van der Waals surface area (Å²) in [6.45, 7) is 1.68. The molecular formula is C20H23FN6O6P+. The van der Waals surface area contributed by atoms with Gasteiger partial charge in [0.05, 0.1) is 12.9 Å². The van der Waals surface area contributed by atoms with Gasteiger partial charge in [-0.25, -0.2) is 19.3 Å². The standard InChI is InChI=1S/C14H17FN6O5P.C6H6O/c1-2-24-9(22)4-20-27(23)7-25-10-3-8(15)14(26-10)21-6-19-11-12(16)17-5-18-13(11)21;7-6-4-2-1-3-5-6/h3,5-6,10,14H,2,4,7H2,1H3,(H,20,23)(H2,16,17,18);1-5,7H/q+1;. The number of esters is 1. The molecule has 180 valence electrons. The number of nitrogens with zero attached hydrogens (tertiary/aromatic N) is 4. The maximum absolute atomic E-state index is 14.3. The molecule has 0 saturated heterocycles. The molecule has 4 rings (SSSR count). The van der Waals surface area contributed by atoms with Crippen molar-refractivity contribution in [3.05, 3.63) is 54.9 Å². The summed E-state index contributed by atoms with van der Waals surface area (Å²) in [7, 11) is -2.06. The van der Waals surface area contributed by atoms with Crippen molar-refractivity contribution in [2.75, 3.05) is 25.2 Å².